The number of ketones is 1. The average Bonchev–Trinajstić information content (AvgIpc) is 2.60. The topological polar surface area (TPSA) is 86.5 Å². The van der Waals surface area contributed by atoms with Crippen LogP contribution in [0.2, 0.25) is 0 Å². The van der Waals surface area contributed by atoms with Crippen LogP contribution in [0.4, 0.5) is 5.69 Å². The van der Waals surface area contributed by atoms with Crippen molar-refractivity contribution in [3.8, 4) is 5.75 Å². The van der Waals surface area contributed by atoms with Crippen molar-refractivity contribution in [1.82, 2.24) is 0 Å². The van der Waals surface area contributed by atoms with Gasteiger partial charge in [-0.05, 0) is 35.9 Å². The molecule has 24 heavy (non-hydrogen) atoms. The van der Waals surface area contributed by atoms with Gasteiger partial charge in [-0.2, -0.15) is 0 Å². The number of nitro benzene ring substituents is 1. The molecule has 0 heterocycles. The molecular weight excluding hydrogens is 310 g/mol. The number of rotatable bonds is 6. The van der Waals surface area contributed by atoms with Crippen molar-refractivity contribution in [3.05, 3.63) is 75.8 Å². The van der Waals surface area contributed by atoms with E-state index in [4.69, 9.17) is 4.74 Å². The van der Waals surface area contributed by atoms with Gasteiger partial charge in [0.2, 0.25) is 0 Å². The van der Waals surface area contributed by atoms with Gasteiger partial charge in [0, 0.05) is 30.2 Å². The number of nitro groups is 1. The summed E-state index contributed by atoms with van der Waals surface area (Å²) >= 11 is 0. The molecule has 0 saturated carbocycles. The van der Waals surface area contributed by atoms with E-state index in [1.807, 2.05) is 0 Å². The zero-order chi connectivity index (χ0) is 17.5. The van der Waals surface area contributed by atoms with Crippen LogP contribution in [0, 0.1) is 10.1 Å². The summed E-state index contributed by atoms with van der Waals surface area (Å²) in [6, 6.07) is 12.2. The third kappa shape index (κ3) is 4.61. The zero-order valence-electron chi connectivity index (χ0n) is 13.0. The lowest BCUT2D eigenvalue weighted by atomic mass is 10.1. The van der Waals surface area contributed by atoms with Crippen LogP contribution >= 0.6 is 0 Å². The van der Waals surface area contributed by atoms with Crippen LogP contribution in [0.25, 0.3) is 6.08 Å². The Bertz CT molecular complexity index is 793. The Balaban J connectivity index is 2.01. The third-order valence-electron chi connectivity index (χ3n) is 3.21. The molecule has 2 aromatic carbocycles. The molecule has 0 saturated heterocycles. The summed E-state index contributed by atoms with van der Waals surface area (Å²) in [6.07, 6.45) is 3.03. The number of benzene rings is 2. The highest BCUT2D eigenvalue weighted by atomic mass is 16.6. The Morgan fingerprint density at radius 3 is 2.50 bits per heavy atom. The maximum Gasteiger partial charge on any atom is 0.336 e. The Kier molecular flexibility index (Phi) is 5.57. The van der Waals surface area contributed by atoms with Gasteiger partial charge < -0.3 is 4.74 Å². The van der Waals surface area contributed by atoms with Crippen LogP contribution in [0.1, 0.15) is 29.3 Å². The molecule has 0 bridgehead atoms. The predicted molar refractivity (Wildman–Crippen MR) is 88.8 cm³/mol. The van der Waals surface area contributed by atoms with E-state index in [1.165, 1.54) is 30.4 Å². The number of esters is 1. The lowest BCUT2D eigenvalue weighted by Crippen LogP contribution is -2.04. The molecule has 6 nitrogen and oxygen atoms in total. The maximum absolute atomic E-state index is 11.8. The van der Waals surface area contributed by atoms with Crippen molar-refractivity contribution in [3.63, 3.8) is 0 Å². The van der Waals surface area contributed by atoms with Crippen molar-refractivity contribution < 1.29 is 19.2 Å². The zero-order valence-corrected chi connectivity index (χ0v) is 13.0. The van der Waals surface area contributed by atoms with Gasteiger partial charge in [-0.3, -0.25) is 14.9 Å². The summed E-state index contributed by atoms with van der Waals surface area (Å²) < 4.78 is 5.11. The molecule has 0 radical (unpaired) electrons. The van der Waals surface area contributed by atoms with Gasteiger partial charge in [0.1, 0.15) is 5.75 Å². The molecule has 2 aromatic rings. The monoisotopic (exact) mass is 325 g/mol. The molecule has 0 atom stereocenters. The van der Waals surface area contributed by atoms with Crippen LogP contribution in [0.3, 0.4) is 0 Å². The molecule has 2 rings (SSSR count). The van der Waals surface area contributed by atoms with Crippen LogP contribution in [-0.2, 0) is 4.79 Å². The quantitative estimate of drug-likeness (QED) is 0.201. The van der Waals surface area contributed by atoms with Crippen molar-refractivity contribution >= 4 is 23.5 Å². The standard InChI is InChI=1S/C18H15NO5/c1-2-17(20)14-7-9-16(10-8-14)24-18(21)11-6-13-4-3-5-15(12-13)19(22)23/h3-12H,2H2,1H3/b11-6+. The van der Waals surface area contributed by atoms with Gasteiger partial charge in [0.15, 0.2) is 5.78 Å². The van der Waals surface area contributed by atoms with Gasteiger partial charge in [-0.1, -0.05) is 19.1 Å². The lowest BCUT2D eigenvalue weighted by Gasteiger charge is -2.02. The summed E-state index contributed by atoms with van der Waals surface area (Å²) in [5.74, 6) is -0.286. The van der Waals surface area contributed by atoms with Crippen LogP contribution in [-0.4, -0.2) is 16.7 Å². The third-order valence-corrected chi connectivity index (χ3v) is 3.21. The van der Waals surface area contributed by atoms with E-state index < -0.39 is 10.9 Å². The molecule has 6 heteroatoms. The first kappa shape index (κ1) is 17.1. The molecule has 0 unspecified atom stereocenters. The molecule has 0 fully saturated rings. The van der Waals surface area contributed by atoms with Crippen LogP contribution < -0.4 is 4.74 Å². The van der Waals surface area contributed by atoms with Gasteiger partial charge in [0.05, 0.1) is 4.92 Å². The summed E-state index contributed by atoms with van der Waals surface area (Å²) in [5.41, 5.74) is 1.02. The van der Waals surface area contributed by atoms with E-state index >= 15 is 0 Å². The number of hydrogen-bond acceptors (Lipinski definition) is 5. The van der Waals surface area contributed by atoms with E-state index in [0.717, 1.165) is 0 Å². The molecular formula is C18H15NO5. The molecule has 0 aliphatic heterocycles. The summed E-state index contributed by atoms with van der Waals surface area (Å²) in [6.45, 7) is 1.77. The number of hydrogen-bond donors (Lipinski definition) is 0. The van der Waals surface area contributed by atoms with Crippen LogP contribution in [0.15, 0.2) is 54.6 Å². The second-order valence-corrected chi connectivity index (χ2v) is 4.91. The number of nitrogens with zero attached hydrogens (tertiary/aromatic N) is 1. The normalized spacial score (nSPS) is 10.5. The summed E-state index contributed by atoms with van der Waals surface area (Å²) in [7, 11) is 0. The van der Waals surface area contributed by atoms with Crippen molar-refractivity contribution in [2.45, 2.75) is 13.3 Å². The fraction of sp³-hybridized carbons (Fsp3) is 0.111. The second kappa shape index (κ2) is 7.82. The first-order chi connectivity index (χ1) is 11.5. The van der Waals surface area contributed by atoms with E-state index in [2.05, 4.69) is 0 Å². The minimum absolute atomic E-state index is 0.0124. The molecule has 122 valence electrons. The Morgan fingerprint density at radius 1 is 1.17 bits per heavy atom. The number of carbonyl (C=O) groups is 2. The highest BCUT2D eigenvalue weighted by Gasteiger charge is 2.06. The van der Waals surface area contributed by atoms with Gasteiger partial charge in [0.25, 0.3) is 5.69 Å². The molecule has 0 N–H and O–H groups in total. The molecule has 0 aromatic heterocycles. The molecule has 0 aliphatic carbocycles. The van der Waals surface area contributed by atoms with Crippen molar-refractivity contribution in [2.24, 2.45) is 0 Å². The largest absolute Gasteiger partial charge is 0.423 e. The first-order valence-corrected chi connectivity index (χ1v) is 7.27. The first-order valence-electron chi connectivity index (χ1n) is 7.27. The lowest BCUT2D eigenvalue weighted by molar-refractivity contribution is -0.384. The Hall–Kier alpha value is -3.28. The smallest absolute Gasteiger partial charge is 0.336 e. The highest BCUT2D eigenvalue weighted by Crippen LogP contribution is 2.16. The predicted octanol–water partition coefficient (Wildman–Crippen LogP) is 3.81. The van der Waals surface area contributed by atoms with Crippen LogP contribution in [0.5, 0.6) is 5.75 Å². The second-order valence-electron chi connectivity index (χ2n) is 4.91. The van der Waals surface area contributed by atoms with E-state index in [-0.39, 0.29) is 11.5 Å². The Labute approximate surface area is 138 Å². The number of Topliss-reactive ketones (excluding diaryl/α,β-unsaturated/α-hetero) is 1. The number of ether oxygens (including phenoxy) is 1. The fourth-order valence-corrected chi connectivity index (χ4v) is 1.97. The van der Waals surface area contributed by atoms with E-state index in [9.17, 15) is 19.7 Å². The number of non-ortho nitro benzene ring substituents is 1. The average molecular weight is 325 g/mol. The summed E-state index contributed by atoms with van der Waals surface area (Å²) in [5, 5.41) is 10.7. The molecule has 0 amide bonds. The highest BCUT2D eigenvalue weighted by molar-refractivity contribution is 5.96. The minimum atomic E-state index is -0.615. The molecule has 0 spiro atoms. The van der Waals surface area contributed by atoms with Crippen molar-refractivity contribution in [2.75, 3.05) is 0 Å². The minimum Gasteiger partial charge on any atom is -0.423 e. The van der Waals surface area contributed by atoms with Crippen molar-refractivity contribution in [1.29, 1.82) is 0 Å². The van der Waals surface area contributed by atoms with Gasteiger partial charge in [-0.15, -0.1) is 0 Å². The van der Waals surface area contributed by atoms with Gasteiger partial charge >= 0.3 is 5.97 Å². The van der Waals surface area contributed by atoms with E-state index in [1.54, 1.807) is 37.3 Å². The molecule has 0 aliphatic rings. The fourth-order valence-electron chi connectivity index (χ4n) is 1.97. The summed E-state index contributed by atoms with van der Waals surface area (Å²) in [4.78, 5) is 33.5. The Morgan fingerprint density at radius 2 is 1.88 bits per heavy atom. The van der Waals surface area contributed by atoms with E-state index in [0.29, 0.717) is 23.3 Å². The maximum atomic E-state index is 11.8. The van der Waals surface area contributed by atoms with Gasteiger partial charge in [-0.25, -0.2) is 4.79 Å². The number of carbonyl (C=O) groups excluding carboxylic acids is 2. The SMILES string of the molecule is CCC(=O)c1ccc(OC(=O)/C=C/c2cccc([N+](=O)[O-])c2)cc1.